The van der Waals surface area contributed by atoms with Gasteiger partial charge in [-0.05, 0) is 5.92 Å². The van der Waals surface area contributed by atoms with Crippen LogP contribution in [-0.4, -0.2) is 28.1 Å². The summed E-state index contributed by atoms with van der Waals surface area (Å²) in [6, 6.07) is -1.44. The van der Waals surface area contributed by atoms with E-state index in [-0.39, 0.29) is 5.92 Å². The molecule has 6 nitrogen and oxygen atoms in total. The van der Waals surface area contributed by atoms with Crippen molar-refractivity contribution in [1.82, 2.24) is 10.3 Å². The summed E-state index contributed by atoms with van der Waals surface area (Å²) in [5.74, 6) is -1.16. The quantitative estimate of drug-likeness (QED) is 0.749. The summed E-state index contributed by atoms with van der Waals surface area (Å²) in [5.41, 5.74) is 0. The second-order valence-corrected chi connectivity index (χ2v) is 4.53. The average molecular weight is 257 g/mol. The van der Waals surface area contributed by atoms with Crippen LogP contribution in [0.1, 0.15) is 20.3 Å². The standard InChI is InChI=1S/C10H15N3O3S/c1-3-6(2)7(8(14)15)12-9(16)13-10-11-4-5-17-10/h4-7H,3H2,1-2H3,(H,14,15)(H2,11,12,13,16). The van der Waals surface area contributed by atoms with Gasteiger partial charge < -0.3 is 10.4 Å². The van der Waals surface area contributed by atoms with Crippen molar-refractivity contribution in [1.29, 1.82) is 0 Å². The largest absolute Gasteiger partial charge is 0.480 e. The SMILES string of the molecule is CCC(C)C(NC(=O)Nc1nccs1)C(=O)O. The minimum absolute atomic E-state index is 0.130. The zero-order valence-electron chi connectivity index (χ0n) is 9.64. The first-order chi connectivity index (χ1) is 8.04. The van der Waals surface area contributed by atoms with Gasteiger partial charge in [0.1, 0.15) is 6.04 Å². The van der Waals surface area contributed by atoms with E-state index in [4.69, 9.17) is 5.11 Å². The van der Waals surface area contributed by atoms with Crippen LogP contribution in [-0.2, 0) is 4.79 Å². The molecule has 17 heavy (non-hydrogen) atoms. The van der Waals surface area contributed by atoms with E-state index in [1.54, 1.807) is 18.5 Å². The normalized spacial score (nSPS) is 13.8. The lowest BCUT2D eigenvalue weighted by Crippen LogP contribution is -2.46. The molecule has 3 N–H and O–H groups in total. The summed E-state index contributed by atoms with van der Waals surface area (Å²) in [7, 11) is 0. The van der Waals surface area contributed by atoms with E-state index >= 15 is 0 Å². The number of carboxylic acid groups (broad SMARTS) is 1. The third-order valence-electron chi connectivity index (χ3n) is 2.42. The molecule has 2 amide bonds. The first kappa shape index (κ1) is 13.4. The summed E-state index contributed by atoms with van der Waals surface area (Å²) < 4.78 is 0. The maximum atomic E-state index is 11.5. The van der Waals surface area contributed by atoms with Crippen molar-refractivity contribution in [3.05, 3.63) is 11.6 Å². The number of aromatic nitrogens is 1. The van der Waals surface area contributed by atoms with Crippen LogP contribution >= 0.6 is 11.3 Å². The molecule has 0 aliphatic carbocycles. The number of nitrogens with zero attached hydrogens (tertiary/aromatic N) is 1. The molecule has 2 atom stereocenters. The van der Waals surface area contributed by atoms with Crippen molar-refractivity contribution in [3.8, 4) is 0 Å². The van der Waals surface area contributed by atoms with E-state index in [0.717, 1.165) is 0 Å². The maximum absolute atomic E-state index is 11.5. The van der Waals surface area contributed by atoms with Gasteiger partial charge in [-0.25, -0.2) is 14.6 Å². The van der Waals surface area contributed by atoms with Crippen LogP contribution in [0.15, 0.2) is 11.6 Å². The molecule has 0 aliphatic heterocycles. The lowest BCUT2D eigenvalue weighted by molar-refractivity contribution is -0.140. The number of rotatable bonds is 5. The fourth-order valence-corrected chi connectivity index (χ4v) is 1.77. The lowest BCUT2D eigenvalue weighted by atomic mass is 10.00. The van der Waals surface area contributed by atoms with Crippen molar-refractivity contribution in [2.24, 2.45) is 5.92 Å². The molecule has 0 radical (unpaired) electrons. The van der Waals surface area contributed by atoms with Crippen molar-refractivity contribution in [2.45, 2.75) is 26.3 Å². The predicted molar refractivity (Wildman–Crippen MR) is 65.1 cm³/mol. The third kappa shape index (κ3) is 4.03. The summed E-state index contributed by atoms with van der Waals surface area (Å²) >= 11 is 1.27. The highest BCUT2D eigenvalue weighted by atomic mass is 32.1. The van der Waals surface area contributed by atoms with E-state index in [1.165, 1.54) is 11.3 Å². The Balaban J connectivity index is 2.55. The van der Waals surface area contributed by atoms with Crippen molar-refractivity contribution in [2.75, 3.05) is 5.32 Å². The number of carboxylic acids is 1. The number of hydrogen-bond donors (Lipinski definition) is 3. The van der Waals surface area contributed by atoms with Gasteiger partial charge in [0, 0.05) is 11.6 Å². The Morgan fingerprint density at radius 2 is 2.29 bits per heavy atom. The van der Waals surface area contributed by atoms with Crippen LogP contribution in [0.3, 0.4) is 0 Å². The van der Waals surface area contributed by atoms with Crippen LogP contribution < -0.4 is 10.6 Å². The van der Waals surface area contributed by atoms with Crippen LogP contribution in [0, 0.1) is 5.92 Å². The van der Waals surface area contributed by atoms with E-state index in [0.29, 0.717) is 11.6 Å². The number of nitrogens with one attached hydrogen (secondary N) is 2. The molecule has 0 saturated carbocycles. The topological polar surface area (TPSA) is 91.3 Å². The zero-order chi connectivity index (χ0) is 12.8. The number of thiazole rings is 1. The Morgan fingerprint density at radius 3 is 2.76 bits per heavy atom. The van der Waals surface area contributed by atoms with E-state index < -0.39 is 18.0 Å². The van der Waals surface area contributed by atoms with Gasteiger partial charge in [0.15, 0.2) is 5.13 Å². The molecule has 0 spiro atoms. The minimum atomic E-state index is -1.03. The molecular formula is C10H15N3O3S. The summed E-state index contributed by atoms with van der Waals surface area (Å²) in [6.07, 6.45) is 2.23. The molecule has 1 aromatic heterocycles. The van der Waals surface area contributed by atoms with Gasteiger partial charge in [-0.1, -0.05) is 20.3 Å². The number of carbonyl (C=O) groups is 2. The van der Waals surface area contributed by atoms with Crippen molar-refractivity contribution < 1.29 is 14.7 Å². The number of amides is 2. The van der Waals surface area contributed by atoms with Gasteiger partial charge in [-0.2, -0.15) is 0 Å². The Bertz CT molecular complexity index is 380. The molecule has 2 unspecified atom stereocenters. The Kier molecular flexibility index (Phi) is 4.89. The Hall–Kier alpha value is -1.63. The summed E-state index contributed by atoms with van der Waals surface area (Å²) in [4.78, 5) is 26.4. The van der Waals surface area contributed by atoms with Gasteiger partial charge >= 0.3 is 12.0 Å². The Labute approximate surface area is 103 Å². The first-order valence-electron chi connectivity index (χ1n) is 5.24. The zero-order valence-corrected chi connectivity index (χ0v) is 10.5. The molecule has 7 heteroatoms. The van der Waals surface area contributed by atoms with Gasteiger partial charge in [-0.15, -0.1) is 11.3 Å². The van der Waals surface area contributed by atoms with Gasteiger partial charge in [0.05, 0.1) is 0 Å². The minimum Gasteiger partial charge on any atom is -0.480 e. The third-order valence-corrected chi connectivity index (χ3v) is 3.11. The molecule has 0 aliphatic rings. The lowest BCUT2D eigenvalue weighted by Gasteiger charge is -2.19. The van der Waals surface area contributed by atoms with Crippen LogP contribution in [0.4, 0.5) is 9.93 Å². The monoisotopic (exact) mass is 257 g/mol. The fraction of sp³-hybridized carbons (Fsp3) is 0.500. The molecule has 0 fully saturated rings. The molecule has 0 aromatic carbocycles. The van der Waals surface area contributed by atoms with Gasteiger partial charge in [-0.3, -0.25) is 5.32 Å². The van der Waals surface area contributed by atoms with Crippen LogP contribution in [0.5, 0.6) is 0 Å². The predicted octanol–water partition coefficient (Wildman–Crippen LogP) is 1.76. The molecular weight excluding hydrogens is 242 g/mol. The highest BCUT2D eigenvalue weighted by Crippen LogP contribution is 2.11. The van der Waals surface area contributed by atoms with Crippen molar-refractivity contribution >= 4 is 28.5 Å². The van der Waals surface area contributed by atoms with Gasteiger partial charge in [0.2, 0.25) is 0 Å². The molecule has 1 aromatic rings. The molecule has 0 bridgehead atoms. The second kappa shape index (κ2) is 6.19. The summed E-state index contributed by atoms with van der Waals surface area (Å²) in [6.45, 7) is 3.66. The van der Waals surface area contributed by atoms with Gasteiger partial charge in [0.25, 0.3) is 0 Å². The number of anilines is 1. The fourth-order valence-electron chi connectivity index (χ4n) is 1.24. The highest BCUT2D eigenvalue weighted by Gasteiger charge is 2.25. The highest BCUT2D eigenvalue weighted by molar-refractivity contribution is 7.13. The average Bonchev–Trinajstić information content (AvgIpc) is 2.77. The molecule has 0 saturated heterocycles. The van der Waals surface area contributed by atoms with E-state index in [2.05, 4.69) is 15.6 Å². The number of urea groups is 1. The second-order valence-electron chi connectivity index (χ2n) is 3.64. The van der Waals surface area contributed by atoms with Crippen LogP contribution in [0.2, 0.25) is 0 Å². The maximum Gasteiger partial charge on any atom is 0.326 e. The van der Waals surface area contributed by atoms with E-state index in [1.807, 2.05) is 6.92 Å². The number of aliphatic carboxylic acids is 1. The molecule has 94 valence electrons. The number of hydrogen-bond acceptors (Lipinski definition) is 4. The van der Waals surface area contributed by atoms with Crippen molar-refractivity contribution in [3.63, 3.8) is 0 Å². The first-order valence-corrected chi connectivity index (χ1v) is 6.12. The smallest absolute Gasteiger partial charge is 0.326 e. The number of carbonyl (C=O) groups excluding carboxylic acids is 1. The summed E-state index contributed by atoms with van der Waals surface area (Å²) in [5, 5.41) is 16.1. The molecule has 1 rings (SSSR count). The van der Waals surface area contributed by atoms with Crippen LogP contribution in [0.25, 0.3) is 0 Å². The Morgan fingerprint density at radius 1 is 1.59 bits per heavy atom. The van der Waals surface area contributed by atoms with E-state index in [9.17, 15) is 9.59 Å². The molecule has 1 heterocycles.